The molecular weight excluding hydrogens is 386 g/mol. The maximum Gasteiger partial charge on any atom is 0.336 e. The second-order valence-corrected chi connectivity index (χ2v) is 7.30. The molecule has 1 unspecified atom stereocenters. The van der Waals surface area contributed by atoms with E-state index in [0.717, 1.165) is 4.90 Å². The van der Waals surface area contributed by atoms with Gasteiger partial charge in [-0.1, -0.05) is 30.3 Å². The summed E-state index contributed by atoms with van der Waals surface area (Å²) < 4.78 is 5.24. The third kappa shape index (κ3) is 3.32. The lowest BCUT2D eigenvalue weighted by molar-refractivity contribution is -0.131. The van der Waals surface area contributed by atoms with Gasteiger partial charge in [-0.25, -0.2) is 9.59 Å². The lowest BCUT2D eigenvalue weighted by atomic mass is 9.92. The average molecular weight is 405 g/mol. The molecule has 4 rings (SSSR count). The summed E-state index contributed by atoms with van der Waals surface area (Å²) >= 11 is 0. The number of anilines is 1. The van der Waals surface area contributed by atoms with Crippen molar-refractivity contribution in [2.45, 2.75) is 25.9 Å². The summed E-state index contributed by atoms with van der Waals surface area (Å²) in [6.45, 7) is 2.94. The molecule has 2 heterocycles. The third-order valence-corrected chi connectivity index (χ3v) is 5.11. The number of rotatable bonds is 4. The van der Waals surface area contributed by atoms with E-state index in [4.69, 9.17) is 4.42 Å². The quantitative estimate of drug-likeness (QED) is 0.512. The molecule has 1 aliphatic heterocycles. The summed E-state index contributed by atoms with van der Waals surface area (Å²) in [5, 5.41) is 5.94. The highest BCUT2D eigenvalue weighted by molar-refractivity contribution is 6.07. The molecule has 2 aromatic carbocycles. The minimum atomic E-state index is -1.19. The molecule has 2 N–H and O–H groups in total. The lowest BCUT2D eigenvalue weighted by Gasteiger charge is -2.22. The highest BCUT2D eigenvalue weighted by Crippen LogP contribution is 2.31. The van der Waals surface area contributed by atoms with Gasteiger partial charge in [0, 0.05) is 30.1 Å². The number of benzene rings is 2. The van der Waals surface area contributed by atoms with Crippen LogP contribution in [0.15, 0.2) is 63.8 Å². The number of hydrogen-bond donors (Lipinski definition) is 2. The normalized spacial score (nSPS) is 18.5. The van der Waals surface area contributed by atoms with Crippen molar-refractivity contribution >= 4 is 34.5 Å². The van der Waals surface area contributed by atoms with Crippen molar-refractivity contribution in [1.29, 1.82) is 0 Å². The van der Waals surface area contributed by atoms with Gasteiger partial charge in [0.25, 0.3) is 5.91 Å². The van der Waals surface area contributed by atoms with Gasteiger partial charge in [0.15, 0.2) is 0 Å². The zero-order chi connectivity index (χ0) is 21.5. The van der Waals surface area contributed by atoms with E-state index in [9.17, 15) is 19.2 Å². The number of hydrogen-bond acceptors (Lipinski definition) is 5. The van der Waals surface area contributed by atoms with E-state index in [2.05, 4.69) is 10.6 Å². The molecule has 1 atom stereocenters. The molecule has 1 aromatic heterocycles. The molecule has 0 aliphatic carbocycles. The first-order valence-corrected chi connectivity index (χ1v) is 9.32. The van der Waals surface area contributed by atoms with Crippen molar-refractivity contribution in [2.24, 2.45) is 0 Å². The monoisotopic (exact) mass is 405 g/mol. The van der Waals surface area contributed by atoms with Crippen LogP contribution in [0.25, 0.3) is 11.0 Å². The minimum absolute atomic E-state index is 0.0886. The number of nitrogens with zero attached hydrogens (tertiary/aromatic N) is 1. The van der Waals surface area contributed by atoms with Gasteiger partial charge in [0.1, 0.15) is 11.1 Å². The summed E-state index contributed by atoms with van der Waals surface area (Å²) in [7, 11) is 0. The highest BCUT2D eigenvalue weighted by Gasteiger charge is 2.48. The van der Waals surface area contributed by atoms with Crippen molar-refractivity contribution in [3.8, 4) is 0 Å². The van der Waals surface area contributed by atoms with Crippen LogP contribution in [-0.4, -0.2) is 22.7 Å². The van der Waals surface area contributed by atoms with Gasteiger partial charge in [-0.05, 0) is 30.2 Å². The van der Waals surface area contributed by atoms with Gasteiger partial charge in [0.05, 0.1) is 6.54 Å². The Morgan fingerprint density at radius 2 is 1.83 bits per heavy atom. The average Bonchev–Trinajstić information content (AvgIpc) is 2.92. The van der Waals surface area contributed by atoms with Crippen LogP contribution in [0, 0.1) is 0 Å². The molecule has 30 heavy (non-hydrogen) atoms. The Hall–Kier alpha value is -3.94. The summed E-state index contributed by atoms with van der Waals surface area (Å²) in [5.41, 5.74) is 0.0604. The molecule has 8 nitrogen and oxygen atoms in total. The van der Waals surface area contributed by atoms with Crippen LogP contribution < -0.4 is 16.3 Å². The van der Waals surface area contributed by atoms with Gasteiger partial charge in [-0.2, -0.15) is 0 Å². The third-order valence-electron chi connectivity index (χ3n) is 5.11. The first-order chi connectivity index (χ1) is 14.3. The van der Waals surface area contributed by atoms with Crippen molar-refractivity contribution in [2.75, 3.05) is 5.32 Å². The fraction of sp³-hybridized carbons (Fsp3) is 0.182. The largest absolute Gasteiger partial charge is 0.423 e. The van der Waals surface area contributed by atoms with Crippen molar-refractivity contribution in [3.63, 3.8) is 0 Å². The molecule has 1 aliphatic rings. The van der Waals surface area contributed by atoms with Crippen LogP contribution in [-0.2, 0) is 21.7 Å². The number of fused-ring (bicyclic) bond motifs is 1. The fourth-order valence-corrected chi connectivity index (χ4v) is 3.62. The maximum absolute atomic E-state index is 13.1. The van der Waals surface area contributed by atoms with E-state index in [1.54, 1.807) is 43.3 Å². The number of nitrogens with one attached hydrogen (secondary N) is 2. The van der Waals surface area contributed by atoms with Crippen molar-refractivity contribution < 1.29 is 18.8 Å². The lowest BCUT2D eigenvalue weighted by Crippen LogP contribution is -2.40. The van der Waals surface area contributed by atoms with E-state index in [-0.39, 0.29) is 18.0 Å². The molecule has 0 spiro atoms. The minimum Gasteiger partial charge on any atom is -0.423 e. The van der Waals surface area contributed by atoms with Crippen LogP contribution in [0.1, 0.15) is 25.0 Å². The van der Waals surface area contributed by atoms with E-state index < -0.39 is 23.1 Å². The van der Waals surface area contributed by atoms with Gasteiger partial charge in [-0.3, -0.25) is 14.5 Å². The first kappa shape index (κ1) is 19.4. The zero-order valence-corrected chi connectivity index (χ0v) is 16.4. The number of carbonyl (C=O) groups excluding carboxylic acids is 3. The van der Waals surface area contributed by atoms with Gasteiger partial charge < -0.3 is 15.1 Å². The van der Waals surface area contributed by atoms with Gasteiger partial charge in [-0.15, -0.1) is 0 Å². The predicted molar refractivity (Wildman–Crippen MR) is 110 cm³/mol. The molecule has 0 radical (unpaired) electrons. The topological polar surface area (TPSA) is 109 Å². The smallest absolute Gasteiger partial charge is 0.336 e. The maximum atomic E-state index is 13.1. The fourth-order valence-electron chi connectivity index (χ4n) is 3.62. The molecule has 1 saturated heterocycles. The van der Waals surface area contributed by atoms with E-state index in [1.807, 2.05) is 6.07 Å². The first-order valence-electron chi connectivity index (χ1n) is 9.32. The van der Waals surface area contributed by atoms with Crippen LogP contribution in [0.2, 0.25) is 0 Å². The molecule has 152 valence electrons. The van der Waals surface area contributed by atoms with Crippen LogP contribution >= 0.6 is 0 Å². The molecular formula is C22H19N3O5. The van der Waals surface area contributed by atoms with E-state index in [1.165, 1.54) is 19.1 Å². The number of carbonyl (C=O) groups is 3. The SMILES string of the molecule is CC(=O)Nc1ccc2c(CN3C(=O)NC(C)(c4ccccc4)C3=O)cc(=O)oc2c1. The second kappa shape index (κ2) is 7.14. The van der Waals surface area contributed by atoms with Crippen LogP contribution in [0.4, 0.5) is 10.5 Å². The summed E-state index contributed by atoms with van der Waals surface area (Å²) in [5.74, 6) is -0.664. The Morgan fingerprint density at radius 1 is 1.10 bits per heavy atom. The second-order valence-electron chi connectivity index (χ2n) is 7.30. The van der Waals surface area contributed by atoms with Gasteiger partial charge in [0.2, 0.25) is 5.91 Å². The van der Waals surface area contributed by atoms with Crippen LogP contribution in [0.3, 0.4) is 0 Å². The summed E-state index contributed by atoms with van der Waals surface area (Å²) in [4.78, 5) is 50.2. The summed E-state index contributed by atoms with van der Waals surface area (Å²) in [6.07, 6.45) is 0. The predicted octanol–water partition coefficient (Wildman–Crippen LogP) is 2.72. The molecule has 8 heteroatoms. The Labute approximate surface area is 171 Å². The Kier molecular flexibility index (Phi) is 4.62. The van der Waals surface area contributed by atoms with E-state index in [0.29, 0.717) is 22.2 Å². The number of imide groups is 1. The van der Waals surface area contributed by atoms with Gasteiger partial charge >= 0.3 is 11.7 Å². The number of urea groups is 1. The Morgan fingerprint density at radius 3 is 2.53 bits per heavy atom. The van der Waals surface area contributed by atoms with Crippen molar-refractivity contribution in [3.05, 3.63) is 76.1 Å². The number of amides is 4. The van der Waals surface area contributed by atoms with Crippen LogP contribution in [0.5, 0.6) is 0 Å². The van der Waals surface area contributed by atoms with E-state index >= 15 is 0 Å². The highest BCUT2D eigenvalue weighted by atomic mass is 16.4. The summed E-state index contributed by atoms with van der Waals surface area (Å²) in [6, 6.07) is 14.6. The Bertz CT molecular complexity index is 1230. The zero-order valence-electron chi connectivity index (χ0n) is 16.4. The standard InChI is InChI=1S/C22H19N3O5/c1-13(26)23-16-8-9-17-14(10-19(27)30-18(17)11-16)12-25-20(28)22(2,24-21(25)29)15-6-4-3-5-7-15/h3-11H,12H2,1-2H3,(H,23,26)(H,24,29). The Balaban J connectivity index is 1.70. The molecule has 0 bridgehead atoms. The molecule has 1 fully saturated rings. The molecule has 0 saturated carbocycles. The molecule has 4 amide bonds. The molecule has 3 aromatic rings. The van der Waals surface area contributed by atoms with Crippen molar-refractivity contribution in [1.82, 2.24) is 10.2 Å².